The minimum Gasteiger partial charge on any atom is -0.462 e. The van der Waals surface area contributed by atoms with Crippen LogP contribution in [0.3, 0.4) is 0 Å². The zero-order chi connectivity index (χ0) is 40.6. The number of nitrogens with zero attached hydrogens (tertiary/aromatic N) is 1. The van der Waals surface area contributed by atoms with Gasteiger partial charge in [0, 0.05) is 43.4 Å². The molecule has 6 nitrogen and oxygen atoms in total. The molecule has 1 amide bonds. The van der Waals surface area contributed by atoms with Gasteiger partial charge in [-0.1, -0.05) is 91.7 Å². The number of carbonyl (C=O) groups excluding carboxylic acids is 2. The van der Waals surface area contributed by atoms with Crippen molar-refractivity contribution in [2.45, 2.75) is 221 Å². The average molecular weight is 768 g/mol. The standard InChI is InChI=1S/C49H89N3O3/c1-11-37(35(2)3)21-20-36(4)41-24-25-42-40-23-22-38-34-39(26-29-48(38,9)43(40)27-30-49(41,42)10)55-45(54)19-17-18-44(53)52(33-31-47(7,8)51)32-16-14-12-13-15-28-46(5,6)50/h22,35-37,39-43H,11-21,23-34,50-51H2,1-10H3/t36-,37-,39+,40+,41-,42+,43+,48+,49-/m1/s1. The maximum absolute atomic E-state index is 13.4. The Balaban J connectivity index is 1.23. The van der Waals surface area contributed by atoms with Crippen molar-refractivity contribution in [2.24, 2.45) is 63.7 Å². The summed E-state index contributed by atoms with van der Waals surface area (Å²) in [5.74, 6) is 5.81. The Kier molecular flexibility index (Phi) is 16.9. The zero-order valence-electron chi connectivity index (χ0n) is 37.8. The number of esters is 1. The summed E-state index contributed by atoms with van der Waals surface area (Å²) in [6.07, 6.45) is 25.2. The van der Waals surface area contributed by atoms with Gasteiger partial charge in [-0.15, -0.1) is 0 Å². The first-order valence-electron chi connectivity index (χ1n) is 23.5. The molecule has 55 heavy (non-hydrogen) atoms. The van der Waals surface area contributed by atoms with Gasteiger partial charge in [0.25, 0.3) is 0 Å². The molecule has 4 rings (SSSR count). The van der Waals surface area contributed by atoms with Gasteiger partial charge in [-0.2, -0.15) is 0 Å². The predicted octanol–water partition coefficient (Wildman–Crippen LogP) is 11.8. The normalized spacial score (nSPS) is 30.6. The third-order valence-corrected chi connectivity index (χ3v) is 16.0. The first-order chi connectivity index (χ1) is 25.8. The van der Waals surface area contributed by atoms with Gasteiger partial charge in [-0.05, 0) is 157 Å². The third kappa shape index (κ3) is 12.8. The number of fused-ring (bicyclic) bond motifs is 5. The number of hydrogen-bond donors (Lipinski definition) is 2. The molecule has 3 fully saturated rings. The SMILES string of the molecule is CC[C@H](CC[C@@H](C)[C@H]1CC[C@H]2[C@@H]3CC=C4C[C@@H](OC(=O)CCCC(=O)N(CCCCCCCC(C)(C)N)CCC(C)(C)N)CC[C@]4(C)[C@H]3CC[C@]12C)C(C)C. The lowest BCUT2D eigenvalue weighted by Gasteiger charge is -2.58. The Morgan fingerprint density at radius 1 is 0.836 bits per heavy atom. The fraction of sp³-hybridized carbons (Fsp3) is 0.918. The van der Waals surface area contributed by atoms with E-state index in [2.05, 4.69) is 61.5 Å². The highest BCUT2D eigenvalue weighted by Gasteiger charge is 2.59. The quantitative estimate of drug-likeness (QED) is 0.0649. The van der Waals surface area contributed by atoms with Gasteiger partial charge in [-0.25, -0.2) is 0 Å². The minimum absolute atomic E-state index is 0.0263. The van der Waals surface area contributed by atoms with Gasteiger partial charge in [-0.3, -0.25) is 9.59 Å². The highest BCUT2D eigenvalue weighted by molar-refractivity contribution is 5.77. The number of nitrogens with two attached hydrogens (primary N) is 2. The lowest BCUT2D eigenvalue weighted by atomic mass is 9.47. The lowest BCUT2D eigenvalue weighted by molar-refractivity contribution is -0.151. The Morgan fingerprint density at radius 3 is 2.20 bits per heavy atom. The third-order valence-electron chi connectivity index (χ3n) is 16.0. The van der Waals surface area contributed by atoms with Crippen LogP contribution in [0.25, 0.3) is 0 Å². The summed E-state index contributed by atoms with van der Waals surface area (Å²) in [4.78, 5) is 28.5. The van der Waals surface area contributed by atoms with Crippen LogP contribution in [-0.4, -0.2) is 47.0 Å². The highest BCUT2D eigenvalue weighted by atomic mass is 16.5. The van der Waals surface area contributed by atoms with E-state index in [-0.39, 0.29) is 34.5 Å². The number of hydrogen-bond acceptors (Lipinski definition) is 5. The number of carbonyl (C=O) groups is 2. The number of amides is 1. The van der Waals surface area contributed by atoms with E-state index in [1.807, 2.05) is 18.7 Å². The van der Waals surface area contributed by atoms with Crippen LogP contribution in [0.15, 0.2) is 11.6 Å². The molecule has 0 aliphatic heterocycles. The fourth-order valence-electron chi connectivity index (χ4n) is 12.4. The van der Waals surface area contributed by atoms with E-state index in [0.717, 1.165) is 99.3 Å². The molecular weight excluding hydrogens is 679 g/mol. The first kappa shape index (κ1) is 46.3. The van der Waals surface area contributed by atoms with Crippen molar-refractivity contribution >= 4 is 11.9 Å². The summed E-state index contributed by atoms with van der Waals surface area (Å²) >= 11 is 0. The molecule has 0 spiro atoms. The molecule has 0 aromatic rings. The van der Waals surface area contributed by atoms with Crippen molar-refractivity contribution in [2.75, 3.05) is 13.1 Å². The summed E-state index contributed by atoms with van der Waals surface area (Å²) in [5.41, 5.74) is 14.3. The molecule has 3 saturated carbocycles. The Hall–Kier alpha value is -1.40. The Bertz CT molecular complexity index is 1250. The zero-order valence-corrected chi connectivity index (χ0v) is 37.8. The second-order valence-electron chi connectivity index (χ2n) is 21.8. The summed E-state index contributed by atoms with van der Waals surface area (Å²) in [6, 6.07) is 0. The van der Waals surface area contributed by atoms with E-state index in [1.54, 1.807) is 5.57 Å². The maximum atomic E-state index is 13.4. The molecule has 0 saturated heterocycles. The van der Waals surface area contributed by atoms with Gasteiger partial charge in [0.1, 0.15) is 6.10 Å². The fourth-order valence-corrected chi connectivity index (χ4v) is 12.4. The van der Waals surface area contributed by atoms with Crippen molar-refractivity contribution < 1.29 is 14.3 Å². The molecule has 4 N–H and O–H groups in total. The van der Waals surface area contributed by atoms with Crippen molar-refractivity contribution in [3.8, 4) is 0 Å². The Morgan fingerprint density at radius 2 is 1.53 bits per heavy atom. The largest absolute Gasteiger partial charge is 0.462 e. The van der Waals surface area contributed by atoms with Gasteiger partial charge >= 0.3 is 5.97 Å². The van der Waals surface area contributed by atoms with Crippen LogP contribution in [-0.2, 0) is 14.3 Å². The van der Waals surface area contributed by atoms with Gasteiger partial charge in [0.05, 0.1) is 0 Å². The van der Waals surface area contributed by atoms with E-state index in [1.165, 1.54) is 64.2 Å². The molecular formula is C49H89N3O3. The minimum atomic E-state index is -0.316. The summed E-state index contributed by atoms with van der Waals surface area (Å²) in [5, 5.41) is 0. The highest BCUT2D eigenvalue weighted by Crippen LogP contribution is 2.67. The van der Waals surface area contributed by atoms with Crippen LogP contribution in [0.1, 0.15) is 204 Å². The van der Waals surface area contributed by atoms with Crippen molar-refractivity contribution in [3.63, 3.8) is 0 Å². The molecule has 9 atom stereocenters. The molecule has 0 bridgehead atoms. The van der Waals surface area contributed by atoms with E-state index < -0.39 is 0 Å². The first-order valence-corrected chi connectivity index (χ1v) is 23.5. The van der Waals surface area contributed by atoms with Crippen LogP contribution in [0.5, 0.6) is 0 Å². The average Bonchev–Trinajstić information content (AvgIpc) is 3.45. The second-order valence-corrected chi connectivity index (χ2v) is 21.8. The lowest BCUT2D eigenvalue weighted by Crippen LogP contribution is -2.51. The van der Waals surface area contributed by atoms with Gasteiger partial charge in [0.2, 0.25) is 5.91 Å². The van der Waals surface area contributed by atoms with Crippen LogP contribution in [0, 0.1) is 52.3 Å². The van der Waals surface area contributed by atoms with Crippen LogP contribution in [0.4, 0.5) is 0 Å². The molecule has 0 unspecified atom stereocenters. The molecule has 0 radical (unpaired) electrons. The van der Waals surface area contributed by atoms with E-state index in [4.69, 9.17) is 16.2 Å². The summed E-state index contributed by atoms with van der Waals surface area (Å²) in [7, 11) is 0. The van der Waals surface area contributed by atoms with E-state index in [9.17, 15) is 9.59 Å². The monoisotopic (exact) mass is 768 g/mol. The second kappa shape index (κ2) is 20.0. The Labute approximate surface area is 339 Å². The molecule has 0 heterocycles. The topological polar surface area (TPSA) is 98.7 Å². The maximum Gasteiger partial charge on any atom is 0.306 e. The van der Waals surface area contributed by atoms with Crippen LogP contribution >= 0.6 is 0 Å². The number of allylic oxidation sites excluding steroid dienone is 1. The molecule has 4 aliphatic rings. The molecule has 6 heteroatoms. The predicted molar refractivity (Wildman–Crippen MR) is 231 cm³/mol. The molecule has 318 valence electrons. The van der Waals surface area contributed by atoms with Gasteiger partial charge in [0.15, 0.2) is 0 Å². The van der Waals surface area contributed by atoms with E-state index in [0.29, 0.717) is 31.2 Å². The number of rotatable bonds is 22. The molecule has 4 aliphatic carbocycles. The van der Waals surface area contributed by atoms with E-state index >= 15 is 0 Å². The number of ether oxygens (including phenoxy) is 1. The number of unbranched alkanes of at least 4 members (excludes halogenated alkanes) is 4. The van der Waals surface area contributed by atoms with Crippen LogP contribution < -0.4 is 11.5 Å². The van der Waals surface area contributed by atoms with Crippen molar-refractivity contribution in [1.82, 2.24) is 4.90 Å². The smallest absolute Gasteiger partial charge is 0.306 e. The van der Waals surface area contributed by atoms with Crippen LogP contribution in [0.2, 0.25) is 0 Å². The summed E-state index contributed by atoms with van der Waals surface area (Å²) in [6.45, 7) is 24.7. The van der Waals surface area contributed by atoms with Crippen molar-refractivity contribution in [3.05, 3.63) is 11.6 Å². The van der Waals surface area contributed by atoms with Gasteiger partial charge < -0.3 is 21.1 Å². The summed E-state index contributed by atoms with van der Waals surface area (Å²) < 4.78 is 6.15. The molecule has 0 aromatic carbocycles. The molecule has 0 aromatic heterocycles. The van der Waals surface area contributed by atoms with Crippen molar-refractivity contribution in [1.29, 1.82) is 0 Å².